The van der Waals surface area contributed by atoms with Gasteiger partial charge in [0.15, 0.2) is 0 Å². The molecule has 6 heterocycles. The van der Waals surface area contributed by atoms with Crippen molar-refractivity contribution < 1.29 is 28.4 Å². The maximum absolute atomic E-state index is 15.4. The molecule has 5 fully saturated rings. The Balaban J connectivity index is 0.750. The normalized spacial score (nSPS) is 23.7. The zero-order valence-corrected chi connectivity index (χ0v) is 33.0. The molecule has 13 nitrogen and oxygen atoms in total. The van der Waals surface area contributed by atoms with Gasteiger partial charge in [0.25, 0.3) is 17.7 Å². The number of carbonyl (C=O) groups is 5. The third-order valence-electron chi connectivity index (χ3n) is 13.3. The van der Waals surface area contributed by atoms with E-state index in [1.54, 1.807) is 6.07 Å². The number of nitrogens with zero attached hydrogens (tertiary/aromatic N) is 7. The second-order valence-corrected chi connectivity index (χ2v) is 17.1. The highest BCUT2D eigenvalue weighted by Gasteiger charge is 2.47. The molecule has 9 rings (SSSR count). The van der Waals surface area contributed by atoms with Crippen LogP contribution in [0.2, 0.25) is 5.02 Å². The second-order valence-electron chi connectivity index (χ2n) is 16.7. The molecule has 2 atom stereocenters. The van der Waals surface area contributed by atoms with Crippen molar-refractivity contribution in [1.82, 2.24) is 20.0 Å². The molecule has 1 N–H and O–H groups in total. The number of benzene rings is 3. The number of hydrogen-bond donors (Lipinski definition) is 1. The summed E-state index contributed by atoms with van der Waals surface area (Å²) in [6, 6.07) is 17.7. The molecule has 300 valence electrons. The lowest BCUT2D eigenvalue weighted by molar-refractivity contribution is -0.136. The fourth-order valence-corrected chi connectivity index (χ4v) is 10.1. The molecule has 0 aromatic heterocycles. The Kier molecular flexibility index (Phi) is 9.63. The average molecular weight is 807 g/mol. The Morgan fingerprint density at radius 3 is 2.21 bits per heavy atom. The van der Waals surface area contributed by atoms with E-state index < -0.39 is 35.5 Å². The van der Waals surface area contributed by atoms with E-state index in [1.807, 2.05) is 34.1 Å². The largest absolute Gasteiger partial charge is 0.371 e. The van der Waals surface area contributed by atoms with Gasteiger partial charge in [0, 0.05) is 94.3 Å². The van der Waals surface area contributed by atoms with E-state index in [9.17, 15) is 29.2 Å². The summed E-state index contributed by atoms with van der Waals surface area (Å²) in [5, 5.41) is 11.9. The summed E-state index contributed by atoms with van der Waals surface area (Å²) >= 11 is 6.37. The van der Waals surface area contributed by atoms with Gasteiger partial charge in [-0.2, -0.15) is 5.26 Å². The molecule has 6 aliphatic rings. The second kappa shape index (κ2) is 14.7. The predicted molar refractivity (Wildman–Crippen MR) is 214 cm³/mol. The van der Waals surface area contributed by atoms with Crippen LogP contribution in [0.4, 0.5) is 21.5 Å². The van der Waals surface area contributed by atoms with Crippen LogP contribution in [0.1, 0.15) is 75.7 Å². The molecular formula is C43H44ClFN8O5. The van der Waals surface area contributed by atoms with Crippen LogP contribution in [-0.4, -0.2) is 121 Å². The van der Waals surface area contributed by atoms with Crippen molar-refractivity contribution >= 4 is 58.2 Å². The maximum Gasteiger partial charge on any atom is 0.262 e. The van der Waals surface area contributed by atoms with Crippen LogP contribution in [0.5, 0.6) is 0 Å². The number of rotatable bonds is 6. The topological polar surface area (TPSA) is 141 Å². The minimum absolute atomic E-state index is 0.00718. The smallest absolute Gasteiger partial charge is 0.262 e. The van der Waals surface area contributed by atoms with Crippen LogP contribution in [0.15, 0.2) is 54.6 Å². The number of amides is 5. The van der Waals surface area contributed by atoms with E-state index in [2.05, 4.69) is 45.1 Å². The third-order valence-corrected chi connectivity index (χ3v) is 13.6. The van der Waals surface area contributed by atoms with Gasteiger partial charge in [-0.05, 0) is 92.6 Å². The standard InChI is InChI=1S/C43H44ClFN8O5/c1-26-21-43(25-52(26)30-7-4-28(22-46)34(44)18-30)10-12-48(13-11-43)29-5-2-27(3-6-29)40(56)50-16-14-49(15-17-50)31-23-51(24-31)37-20-33-32(19-35(37)45)41(57)53(42(33)58)36-8-9-38(54)47-39(36)55/h2-7,18-20,26,31,36H,8-17,21,23-25H2,1H3,(H,47,54,55)/t26-,36?/m1/s1. The molecule has 15 heteroatoms. The van der Waals surface area contributed by atoms with Gasteiger partial charge in [-0.3, -0.25) is 39.1 Å². The predicted octanol–water partition coefficient (Wildman–Crippen LogP) is 4.28. The highest BCUT2D eigenvalue weighted by atomic mass is 35.5. The molecule has 3 aromatic carbocycles. The summed E-state index contributed by atoms with van der Waals surface area (Å²) < 4.78 is 15.4. The van der Waals surface area contributed by atoms with Crippen LogP contribution >= 0.6 is 11.6 Å². The summed E-state index contributed by atoms with van der Waals surface area (Å²) in [5.74, 6) is -3.17. The number of piperazine rings is 1. The van der Waals surface area contributed by atoms with Gasteiger partial charge >= 0.3 is 0 Å². The zero-order chi connectivity index (χ0) is 40.5. The quantitative estimate of drug-likeness (QED) is 0.359. The number of nitrogens with one attached hydrogen (secondary N) is 1. The molecule has 1 unspecified atom stereocenters. The fraction of sp³-hybridized carbons (Fsp3) is 0.442. The molecule has 0 bridgehead atoms. The summed E-state index contributed by atoms with van der Waals surface area (Å²) in [7, 11) is 0. The number of imide groups is 2. The number of fused-ring (bicyclic) bond motifs is 1. The maximum atomic E-state index is 15.4. The van der Waals surface area contributed by atoms with Gasteiger partial charge in [-0.1, -0.05) is 11.6 Å². The van der Waals surface area contributed by atoms with E-state index in [0.29, 0.717) is 61.5 Å². The highest BCUT2D eigenvalue weighted by Crippen LogP contribution is 2.46. The lowest BCUT2D eigenvalue weighted by atomic mass is 9.76. The van der Waals surface area contributed by atoms with Gasteiger partial charge in [0.05, 0.1) is 27.4 Å². The van der Waals surface area contributed by atoms with Crippen LogP contribution in [-0.2, 0) is 9.59 Å². The first-order valence-electron chi connectivity index (χ1n) is 20.1. The van der Waals surface area contributed by atoms with Crippen LogP contribution in [0, 0.1) is 22.6 Å². The molecule has 5 saturated heterocycles. The van der Waals surface area contributed by atoms with E-state index in [1.165, 1.54) is 6.07 Å². The molecule has 3 aromatic rings. The molecule has 0 aliphatic carbocycles. The van der Waals surface area contributed by atoms with Crippen LogP contribution in [0.3, 0.4) is 0 Å². The SMILES string of the molecule is C[C@@H]1CC2(CCN(c3ccc(C(=O)N4CCN(C5CN(c6cc7c(cc6F)C(=O)N(C6CCC(=O)NC6=O)C7=O)C5)CC4)cc3)CC2)CN1c1ccc(C#N)c(Cl)c1. The number of piperidine rings is 2. The number of carbonyl (C=O) groups excluding carboxylic acids is 5. The van der Waals surface area contributed by atoms with E-state index in [-0.39, 0.29) is 47.0 Å². The van der Waals surface area contributed by atoms with Gasteiger partial charge in [0.2, 0.25) is 11.8 Å². The molecule has 1 spiro atoms. The number of nitriles is 1. The highest BCUT2D eigenvalue weighted by molar-refractivity contribution is 6.32. The van der Waals surface area contributed by atoms with Crippen LogP contribution in [0.25, 0.3) is 0 Å². The van der Waals surface area contributed by atoms with E-state index in [4.69, 9.17) is 11.6 Å². The Bertz CT molecular complexity index is 2260. The first kappa shape index (κ1) is 38.0. The Hall–Kier alpha value is -5.52. The van der Waals surface area contributed by atoms with Gasteiger partial charge in [0.1, 0.15) is 17.9 Å². The molecule has 0 saturated carbocycles. The van der Waals surface area contributed by atoms with Crippen molar-refractivity contribution in [1.29, 1.82) is 5.26 Å². The van der Waals surface area contributed by atoms with E-state index >= 15 is 4.39 Å². The molecule has 58 heavy (non-hydrogen) atoms. The number of halogens is 2. The van der Waals surface area contributed by atoms with Crippen molar-refractivity contribution in [2.24, 2.45) is 5.41 Å². The summed E-state index contributed by atoms with van der Waals surface area (Å²) in [4.78, 5) is 75.6. The van der Waals surface area contributed by atoms with Crippen LogP contribution < -0.4 is 20.0 Å². The van der Waals surface area contributed by atoms with Crippen molar-refractivity contribution in [2.45, 2.75) is 57.2 Å². The van der Waals surface area contributed by atoms with Crippen molar-refractivity contribution in [2.75, 3.05) is 73.6 Å². The van der Waals surface area contributed by atoms with Gasteiger partial charge in [-0.15, -0.1) is 0 Å². The summed E-state index contributed by atoms with van der Waals surface area (Å²) in [5.41, 5.74) is 3.78. The van der Waals surface area contributed by atoms with Crippen molar-refractivity contribution in [3.8, 4) is 6.07 Å². The molecular weight excluding hydrogens is 763 g/mol. The lowest BCUT2D eigenvalue weighted by Crippen LogP contribution is -2.63. The monoisotopic (exact) mass is 806 g/mol. The minimum Gasteiger partial charge on any atom is -0.371 e. The zero-order valence-electron chi connectivity index (χ0n) is 32.3. The summed E-state index contributed by atoms with van der Waals surface area (Å²) in [6.07, 6.45) is 3.32. The first-order valence-corrected chi connectivity index (χ1v) is 20.4. The third kappa shape index (κ3) is 6.63. The van der Waals surface area contributed by atoms with Crippen molar-refractivity contribution in [3.05, 3.63) is 87.7 Å². The Labute approximate surface area is 340 Å². The van der Waals surface area contributed by atoms with Gasteiger partial charge in [-0.25, -0.2) is 4.39 Å². The summed E-state index contributed by atoms with van der Waals surface area (Å²) in [6.45, 7) is 8.73. The lowest BCUT2D eigenvalue weighted by Gasteiger charge is -2.49. The van der Waals surface area contributed by atoms with E-state index in [0.717, 1.165) is 61.2 Å². The average Bonchev–Trinajstić information content (AvgIpc) is 3.65. The Morgan fingerprint density at radius 2 is 1.55 bits per heavy atom. The first-order chi connectivity index (χ1) is 27.9. The molecule has 5 amide bonds. The Morgan fingerprint density at radius 1 is 0.879 bits per heavy atom. The minimum atomic E-state index is -1.11. The van der Waals surface area contributed by atoms with Crippen molar-refractivity contribution in [3.63, 3.8) is 0 Å². The van der Waals surface area contributed by atoms with Gasteiger partial charge < -0.3 is 19.6 Å². The molecule has 0 radical (unpaired) electrons. The molecule has 6 aliphatic heterocycles. The fourth-order valence-electron chi connectivity index (χ4n) is 9.93. The number of hydrogen-bond acceptors (Lipinski definition) is 10. The number of anilines is 3.